The van der Waals surface area contributed by atoms with E-state index in [0.717, 1.165) is 12.0 Å². The number of aryl methyl sites for hydroxylation is 2. The van der Waals surface area contributed by atoms with Gasteiger partial charge in [0, 0.05) is 17.5 Å². The normalized spacial score (nSPS) is 10.9. The summed E-state index contributed by atoms with van der Waals surface area (Å²) >= 11 is 0. The number of hydrogen-bond donors (Lipinski definition) is 0. The zero-order valence-corrected chi connectivity index (χ0v) is 10.4. The Morgan fingerprint density at radius 1 is 1.44 bits per heavy atom. The lowest BCUT2D eigenvalue weighted by Gasteiger charge is -2.04. The molecule has 0 aliphatic rings. The van der Waals surface area contributed by atoms with Crippen LogP contribution < -0.4 is 0 Å². The van der Waals surface area contributed by atoms with Crippen molar-refractivity contribution in [2.24, 2.45) is 0 Å². The Labute approximate surface area is 97.4 Å². The zero-order valence-electron chi connectivity index (χ0n) is 10.4. The molecule has 2 rings (SSSR count). The number of aromatic nitrogens is 1. The molecule has 2 aromatic rings. The van der Waals surface area contributed by atoms with E-state index in [9.17, 15) is 0 Å². The van der Waals surface area contributed by atoms with Crippen LogP contribution in [0.15, 0.2) is 31.0 Å². The van der Waals surface area contributed by atoms with E-state index in [1.165, 1.54) is 28.8 Å². The van der Waals surface area contributed by atoms with Gasteiger partial charge in [0.25, 0.3) is 0 Å². The Bertz CT molecular complexity index is 532. The lowest BCUT2D eigenvalue weighted by atomic mass is 10.1. The van der Waals surface area contributed by atoms with Gasteiger partial charge in [0.1, 0.15) is 0 Å². The molecule has 0 radical (unpaired) electrons. The summed E-state index contributed by atoms with van der Waals surface area (Å²) in [6.45, 7) is 10.5. The number of hydrogen-bond acceptors (Lipinski definition) is 0. The van der Waals surface area contributed by atoms with Gasteiger partial charge in [-0.1, -0.05) is 26.0 Å². The van der Waals surface area contributed by atoms with Gasteiger partial charge in [-0.15, -0.1) is 0 Å². The van der Waals surface area contributed by atoms with Gasteiger partial charge in [0.2, 0.25) is 0 Å². The maximum atomic E-state index is 4.08. The zero-order chi connectivity index (χ0) is 11.7. The van der Waals surface area contributed by atoms with Gasteiger partial charge in [-0.2, -0.15) is 0 Å². The first kappa shape index (κ1) is 11.0. The van der Waals surface area contributed by atoms with Crippen LogP contribution in [-0.4, -0.2) is 4.40 Å². The smallest absolute Gasteiger partial charge is 0.0556 e. The quantitative estimate of drug-likeness (QED) is 0.718. The first-order valence-corrected chi connectivity index (χ1v) is 5.90. The molecule has 0 unspecified atom stereocenters. The van der Waals surface area contributed by atoms with Gasteiger partial charge in [0.05, 0.1) is 5.52 Å². The lowest BCUT2D eigenvalue weighted by Crippen LogP contribution is -1.92. The van der Waals surface area contributed by atoms with Crippen LogP contribution >= 0.6 is 0 Å². The molecule has 0 saturated heterocycles. The monoisotopic (exact) mass is 213 g/mol. The fourth-order valence-corrected chi connectivity index (χ4v) is 2.28. The molecule has 0 spiro atoms. The summed E-state index contributed by atoms with van der Waals surface area (Å²) in [7, 11) is 0. The van der Waals surface area contributed by atoms with Crippen molar-refractivity contribution in [3.8, 4) is 0 Å². The summed E-state index contributed by atoms with van der Waals surface area (Å²) in [5.41, 5.74) is 6.47. The van der Waals surface area contributed by atoms with E-state index in [0.29, 0.717) is 0 Å². The molecule has 0 aliphatic heterocycles. The highest BCUT2D eigenvalue weighted by molar-refractivity contribution is 5.80. The second kappa shape index (κ2) is 4.17. The van der Waals surface area contributed by atoms with Crippen LogP contribution in [0.4, 0.5) is 0 Å². The van der Waals surface area contributed by atoms with E-state index in [1.807, 2.05) is 0 Å². The predicted octanol–water partition coefficient (Wildman–Crippen LogP) is 4.23. The van der Waals surface area contributed by atoms with Gasteiger partial charge in [-0.3, -0.25) is 0 Å². The van der Waals surface area contributed by atoms with E-state index in [-0.39, 0.29) is 0 Å². The molecule has 0 atom stereocenters. The highest BCUT2D eigenvalue weighted by Crippen LogP contribution is 2.26. The minimum Gasteiger partial charge on any atom is -0.320 e. The molecule has 0 bridgehead atoms. The number of nitrogens with zero attached hydrogens (tertiary/aromatic N) is 1. The van der Waals surface area contributed by atoms with Gasteiger partial charge >= 0.3 is 0 Å². The molecule has 1 heteroatoms. The van der Waals surface area contributed by atoms with Gasteiger partial charge in [0.15, 0.2) is 0 Å². The average molecular weight is 213 g/mol. The van der Waals surface area contributed by atoms with Crippen molar-refractivity contribution in [3.63, 3.8) is 0 Å². The standard InChI is InChI=1S/C15H19N/c1-5-7-13-10-14(11(2)3)15-12(4)8-6-9-16(13)15/h6,8-10H,2,5,7H2,1,3-4H3. The van der Waals surface area contributed by atoms with Gasteiger partial charge in [-0.05, 0) is 43.5 Å². The first-order valence-electron chi connectivity index (χ1n) is 5.90. The third-order valence-electron chi connectivity index (χ3n) is 3.04. The Morgan fingerprint density at radius 3 is 2.81 bits per heavy atom. The summed E-state index contributed by atoms with van der Waals surface area (Å²) in [5, 5.41) is 0. The molecule has 1 nitrogen and oxygen atoms in total. The maximum absolute atomic E-state index is 4.08. The lowest BCUT2D eigenvalue weighted by molar-refractivity contribution is 0.867. The van der Waals surface area contributed by atoms with Crippen LogP contribution in [0.3, 0.4) is 0 Å². The number of pyridine rings is 1. The minimum absolute atomic E-state index is 1.12. The molecule has 0 fully saturated rings. The molecule has 0 aliphatic carbocycles. The Hall–Kier alpha value is -1.50. The summed E-state index contributed by atoms with van der Waals surface area (Å²) in [5.74, 6) is 0. The molecule has 84 valence electrons. The van der Waals surface area contributed by atoms with Crippen LogP contribution in [0.5, 0.6) is 0 Å². The molecule has 2 aromatic heterocycles. The fraction of sp³-hybridized carbons (Fsp3) is 0.333. The summed E-state index contributed by atoms with van der Waals surface area (Å²) in [4.78, 5) is 0. The van der Waals surface area contributed by atoms with E-state index in [1.54, 1.807) is 0 Å². The van der Waals surface area contributed by atoms with E-state index < -0.39 is 0 Å². The average Bonchev–Trinajstić information content (AvgIpc) is 2.60. The topological polar surface area (TPSA) is 4.41 Å². The van der Waals surface area contributed by atoms with E-state index in [2.05, 4.69) is 56.1 Å². The Balaban J connectivity index is 2.76. The molecule has 2 heterocycles. The van der Waals surface area contributed by atoms with Crippen molar-refractivity contribution in [1.82, 2.24) is 4.40 Å². The largest absolute Gasteiger partial charge is 0.320 e. The van der Waals surface area contributed by atoms with Crippen LogP contribution in [0.1, 0.15) is 37.1 Å². The Morgan fingerprint density at radius 2 is 2.19 bits per heavy atom. The highest BCUT2D eigenvalue weighted by Gasteiger charge is 2.10. The molecule has 0 N–H and O–H groups in total. The first-order chi connectivity index (χ1) is 7.65. The van der Waals surface area contributed by atoms with Crippen molar-refractivity contribution in [1.29, 1.82) is 0 Å². The summed E-state index contributed by atoms with van der Waals surface area (Å²) < 4.78 is 2.31. The van der Waals surface area contributed by atoms with Crippen LogP contribution in [0.25, 0.3) is 11.1 Å². The van der Waals surface area contributed by atoms with Crippen LogP contribution in [0.2, 0.25) is 0 Å². The van der Waals surface area contributed by atoms with Crippen LogP contribution in [0, 0.1) is 6.92 Å². The second-order valence-corrected chi connectivity index (χ2v) is 4.49. The van der Waals surface area contributed by atoms with E-state index in [4.69, 9.17) is 0 Å². The van der Waals surface area contributed by atoms with E-state index >= 15 is 0 Å². The number of rotatable bonds is 3. The summed E-state index contributed by atoms with van der Waals surface area (Å²) in [6, 6.07) is 6.56. The third-order valence-corrected chi connectivity index (χ3v) is 3.04. The number of allylic oxidation sites excluding steroid dienone is 1. The van der Waals surface area contributed by atoms with Crippen molar-refractivity contribution >= 4 is 11.1 Å². The molecule has 0 aromatic carbocycles. The SMILES string of the molecule is C=C(C)c1cc(CCC)n2cccc(C)c12. The third kappa shape index (κ3) is 1.67. The molecular formula is C15H19N. The summed E-state index contributed by atoms with van der Waals surface area (Å²) in [6.07, 6.45) is 4.45. The van der Waals surface area contributed by atoms with Crippen molar-refractivity contribution in [2.45, 2.75) is 33.6 Å². The maximum Gasteiger partial charge on any atom is 0.0556 e. The molecule has 16 heavy (non-hydrogen) atoms. The predicted molar refractivity (Wildman–Crippen MR) is 70.8 cm³/mol. The molecular weight excluding hydrogens is 194 g/mol. The second-order valence-electron chi connectivity index (χ2n) is 4.49. The van der Waals surface area contributed by atoms with Gasteiger partial charge < -0.3 is 4.40 Å². The van der Waals surface area contributed by atoms with Gasteiger partial charge in [-0.25, -0.2) is 0 Å². The minimum atomic E-state index is 1.12. The highest BCUT2D eigenvalue weighted by atomic mass is 14.9. The Kier molecular flexibility index (Phi) is 2.86. The van der Waals surface area contributed by atoms with Crippen molar-refractivity contribution in [2.75, 3.05) is 0 Å². The fourth-order valence-electron chi connectivity index (χ4n) is 2.28. The molecule has 0 amide bonds. The number of fused-ring (bicyclic) bond motifs is 1. The molecule has 0 saturated carbocycles. The van der Waals surface area contributed by atoms with Crippen molar-refractivity contribution in [3.05, 3.63) is 47.8 Å². The van der Waals surface area contributed by atoms with Crippen LogP contribution in [-0.2, 0) is 6.42 Å². The van der Waals surface area contributed by atoms with Crippen molar-refractivity contribution < 1.29 is 0 Å².